The standard InChI is InChI=1S/C14H15BrN2O3/c1-3-8-19-11-6-4-5-7-12(11)20-14-16-9-10(15)13(17-14)18-2/h4-7,9H,3,8H2,1-2H3. The molecular formula is C14H15BrN2O3. The van der Waals surface area contributed by atoms with Gasteiger partial charge in [-0.2, -0.15) is 4.98 Å². The van der Waals surface area contributed by atoms with Crippen LogP contribution in [-0.4, -0.2) is 23.7 Å². The van der Waals surface area contributed by atoms with Crippen molar-refractivity contribution in [1.29, 1.82) is 0 Å². The second-order valence-electron chi connectivity index (χ2n) is 3.91. The summed E-state index contributed by atoms with van der Waals surface area (Å²) in [5.74, 6) is 1.66. The molecule has 0 N–H and O–H groups in total. The van der Waals surface area contributed by atoms with Crippen LogP contribution in [0.25, 0.3) is 0 Å². The Bertz CT molecular complexity index is 578. The lowest BCUT2D eigenvalue weighted by Gasteiger charge is -2.11. The monoisotopic (exact) mass is 338 g/mol. The molecule has 106 valence electrons. The minimum atomic E-state index is 0.206. The van der Waals surface area contributed by atoms with Crippen molar-refractivity contribution in [2.75, 3.05) is 13.7 Å². The highest BCUT2D eigenvalue weighted by Gasteiger charge is 2.10. The fraction of sp³-hybridized carbons (Fsp3) is 0.286. The summed E-state index contributed by atoms with van der Waals surface area (Å²) in [4.78, 5) is 8.24. The van der Waals surface area contributed by atoms with E-state index in [4.69, 9.17) is 14.2 Å². The lowest BCUT2D eigenvalue weighted by molar-refractivity contribution is 0.297. The van der Waals surface area contributed by atoms with Crippen LogP contribution in [0.5, 0.6) is 23.4 Å². The van der Waals surface area contributed by atoms with Crippen LogP contribution in [0.1, 0.15) is 13.3 Å². The molecule has 1 aromatic carbocycles. The third-order valence-electron chi connectivity index (χ3n) is 2.40. The second kappa shape index (κ2) is 7.09. The van der Waals surface area contributed by atoms with Crippen LogP contribution in [0.3, 0.4) is 0 Å². The largest absolute Gasteiger partial charge is 0.490 e. The Labute approximate surface area is 126 Å². The maximum Gasteiger partial charge on any atom is 0.325 e. The molecule has 2 aromatic rings. The number of methoxy groups -OCH3 is 1. The Kier molecular flexibility index (Phi) is 5.17. The number of hydrogen-bond acceptors (Lipinski definition) is 5. The fourth-order valence-corrected chi connectivity index (χ4v) is 1.85. The van der Waals surface area contributed by atoms with Crippen molar-refractivity contribution in [3.05, 3.63) is 34.9 Å². The van der Waals surface area contributed by atoms with E-state index in [2.05, 4.69) is 25.9 Å². The number of nitrogens with zero attached hydrogens (tertiary/aromatic N) is 2. The minimum absolute atomic E-state index is 0.206. The van der Waals surface area contributed by atoms with Crippen LogP contribution in [0.4, 0.5) is 0 Å². The highest BCUT2D eigenvalue weighted by molar-refractivity contribution is 9.10. The summed E-state index contributed by atoms with van der Waals surface area (Å²) in [5, 5.41) is 0. The molecule has 0 unspecified atom stereocenters. The zero-order valence-corrected chi connectivity index (χ0v) is 12.9. The van der Waals surface area contributed by atoms with Gasteiger partial charge in [-0.3, -0.25) is 0 Å². The molecule has 5 nitrogen and oxygen atoms in total. The van der Waals surface area contributed by atoms with E-state index in [9.17, 15) is 0 Å². The average Bonchev–Trinajstić information content (AvgIpc) is 2.48. The summed E-state index contributed by atoms with van der Waals surface area (Å²) in [6.07, 6.45) is 2.51. The Morgan fingerprint density at radius 1 is 1.20 bits per heavy atom. The molecule has 0 radical (unpaired) electrons. The van der Waals surface area contributed by atoms with E-state index >= 15 is 0 Å². The molecule has 0 aliphatic rings. The first-order chi connectivity index (χ1) is 9.74. The van der Waals surface area contributed by atoms with Gasteiger partial charge in [-0.15, -0.1) is 0 Å². The summed E-state index contributed by atoms with van der Waals surface area (Å²) >= 11 is 3.29. The number of aromatic nitrogens is 2. The molecule has 0 atom stereocenters. The number of benzene rings is 1. The quantitative estimate of drug-likeness (QED) is 0.801. The maximum atomic E-state index is 5.66. The molecule has 1 heterocycles. The van der Waals surface area contributed by atoms with E-state index < -0.39 is 0 Å². The van der Waals surface area contributed by atoms with Gasteiger partial charge in [-0.05, 0) is 34.5 Å². The maximum absolute atomic E-state index is 5.66. The molecule has 0 saturated carbocycles. The number of para-hydroxylation sites is 2. The van der Waals surface area contributed by atoms with Gasteiger partial charge in [0, 0.05) is 0 Å². The fourth-order valence-electron chi connectivity index (χ4n) is 1.49. The number of ether oxygens (including phenoxy) is 3. The molecule has 0 aliphatic heterocycles. The van der Waals surface area contributed by atoms with Gasteiger partial charge in [-0.25, -0.2) is 4.98 Å². The lowest BCUT2D eigenvalue weighted by atomic mass is 10.3. The van der Waals surface area contributed by atoms with Crippen LogP contribution in [0, 0.1) is 0 Å². The van der Waals surface area contributed by atoms with Gasteiger partial charge in [0.15, 0.2) is 11.5 Å². The first-order valence-corrected chi connectivity index (χ1v) is 7.00. The Hall–Kier alpha value is -1.82. The molecule has 0 amide bonds. The summed E-state index contributed by atoms with van der Waals surface area (Å²) in [6.45, 7) is 2.68. The molecule has 20 heavy (non-hydrogen) atoms. The molecule has 0 aliphatic carbocycles. The van der Waals surface area contributed by atoms with Crippen molar-refractivity contribution in [2.45, 2.75) is 13.3 Å². The Morgan fingerprint density at radius 3 is 2.65 bits per heavy atom. The normalized spacial score (nSPS) is 10.2. The third-order valence-corrected chi connectivity index (χ3v) is 2.94. The first kappa shape index (κ1) is 14.6. The minimum Gasteiger partial charge on any atom is -0.490 e. The smallest absolute Gasteiger partial charge is 0.325 e. The van der Waals surface area contributed by atoms with Crippen molar-refractivity contribution < 1.29 is 14.2 Å². The SMILES string of the molecule is CCCOc1ccccc1Oc1ncc(Br)c(OC)n1. The van der Waals surface area contributed by atoms with Crippen LogP contribution < -0.4 is 14.2 Å². The van der Waals surface area contributed by atoms with E-state index in [1.165, 1.54) is 7.11 Å². The molecule has 1 aromatic heterocycles. The van der Waals surface area contributed by atoms with Crippen LogP contribution in [0.2, 0.25) is 0 Å². The van der Waals surface area contributed by atoms with E-state index in [0.29, 0.717) is 28.5 Å². The number of hydrogen-bond donors (Lipinski definition) is 0. The molecule has 0 fully saturated rings. The Balaban J connectivity index is 2.21. The number of rotatable bonds is 6. The van der Waals surface area contributed by atoms with Gasteiger partial charge in [0.1, 0.15) is 0 Å². The van der Waals surface area contributed by atoms with E-state index in [-0.39, 0.29) is 6.01 Å². The topological polar surface area (TPSA) is 53.5 Å². The predicted octanol–water partition coefficient (Wildman–Crippen LogP) is 3.83. The third kappa shape index (κ3) is 3.60. The second-order valence-corrected chi connectivity index (χ2v) is 4.76. The Morgan fingerprint density at radius 2 is 1.95 bits per heavy atom. The molecular weight excluding hydrogens is 324 g/mol. The highest BCUT2D eigenvalue weighted by atomic mass is 79.9. The average molecular weight is 339 g/mol. The van der Waals surface area contributed by atoms with Gasteiger partial charge in [0.2, 0.25) is 5.88 Å². The van der Waals surface area contributed by atoms with E-state index in [1.54, 1.807) is 6.20 Å². The van der Waals surface area contributed by atoms with Crippen LogP contribution in [-0.2, 0) is 0 Å². The van der Waals surface area contributed by atoms with Crippen LogP contribution >= 0.6 is 15.9 Å². The van der Waals surface area contributed by atoms with Gasteiger partial charge in [0.25, 0.3) is 0 Å². The van der Waals surface area contributed by atoms with Gasteiger partial charge < -0.3 is 14.2 Å². The van der Waals surface area contributed by atoms with Gasteiger partial charge >= 0.3 is 6.01 Å². The lowest BCUT2D eigenvalue weighted by Crippen LogP contribution is -1.99. The van der Waals surface area contributed by atoms with Gasteiger partial charge in [0.05, 0.1) is 24.4 Å². The van der Waals surface area contributed by atoms with Crippen LogP contribution in [0.15, 0.2) is 34.9 Å². The molecule has 0 spiro atoms. The summed E-state index contributed by atoms with van der Waals surface area (Å²) < 4.78 is 17.1. The molecule has 0 saturated heterocycles. The summed E-state index contributed by atoms with van der Waals surface area (Å²) in [7, 11) is 1.54. The van der Waals surface area contributed by atoms with E-state index in [0.717, 1.165) is 6.42 Å². The number of halogens is 1. The molecule has 2 rings (SSSR count). The van der Waals surface area contributed by atoms with E-state index in [1.807, 2.05) is 31.2 Å². The molecule has 6 heteroatoms. The molecule has 0 bridgehead atoms. The zero-order valence-electron chi connectivity index (χ0n) is 11.3. The van der Waals surface area contributed by atoms with Crippen molar-refractivity contribution in [1.82, 2.24) is 9.97 Å². The van der Waals surface area contributed by atoms with Crippen molar-refractivity contribution in [3.63, 3.8) is 0 Å². The van der Waals surface area contributed by atoms with Crippen molar-refractivity contribution in [2.24, 2.45) is 0 Å². The summed E-state index contributed by atoms with van der Waals surface area (Å²) in [6, 6.07) is 7.62. The first-order valence-electron chi connectivity index (χ1n) is 6.20. The predicted molar refractivity (Wildman–Crippen MR) is 78.6 cm³/mol. The summed E-state index contributed by atoms with van der Waals surface area (Å²) in [5.41, 5.74) is 0. The van der Waals surface area contributed by atoms with Gasteiger partial charge in [-0.1, -0.05) is 19.1 Å². The van der Waals surface area contributed by atoms with Crippen molar-refractivity contribution in [3.8, 4) is 23.4 Å². The zero-order chi connectivity index (χ0) is 14.4. The highest BCUT2D eigenvalue weighted by Crippen LogP contribution is 2.31. The van der Waals surface area contributed by atoms with Crippen molar-refractivity contribution >= 4 is 15.9 Å².